The maximum atomic E-state index is 12.0. The Morgan fingerprint density at radius 2 is 2.16 bits per heavy atom. The van der Waals surface area contributed by atoms with Gasteiger partial charge in [0.1, 0.15) is 5.82 Å². The van der Waals surface area contributed by atoms with Crippen molar-refractivity contribution in [1.29, 1.82) is 0 Å². The number of aromatic nitrogens is 1. The van der Waals surface area contributed by atoms with E-state index < -0.39 is 0 Å². The Kier molecular flexibility index (Phi) is 4.91. The van der Waals surface area contributed by atoms with E-state index in [1.54, 1.807) is 0 Å². The number of rotatable bonds is 4. The fourth-order valence-corrected chi connectivity index (χ4v) is 2.28. The molecule has 0 aromatic carbocycles. The third kappa shape index (κ3) is 4.31. The SMILES string of the molecule is CC(C)Cc1ccc(NC(=O)C2CCOCC2)nc1. The van der Waals surface area contributed by atoms with Gasteiger partial charge in [0.05, 0.1) is 0 Å². The highest BCUT2D eigenvalue weighted by molar-refractivity contribution is 5.91. The van der Waals surface area contributed by atoms with Gasteiger partial charge < -0.3 is 10.1 Å². The molecule has 0 aliphatic carbocycles. The summed E-state index contributed by atoms with van der Waals surface area (Å²) in [5, 5.41) is 2.89. The quantitative estimate of drug-likeness (QED) is 0.907. The van der Waals surface area contributed by atoms with Crippen LogP contribution in [0.25, 0.3) is 0 Å². The molecule has 4 nitrogen and oxygen atoms in total. The Labute approximate surface area is 114 Å². The minimum absolute atomic E-state index is 0.0610. The molecular formula is C15H22N2O2. The van der Waals surface area contributed by atoms with Crippen LogP contribution in [0.15, 0.2) is 18.3 Å². The zero-order valence-corrected chi connectivity index (χ0v) is 11.7. The predicted molar refractivity (Wildman–Crippen MR) is 75.0 cm³/mol. The lowest BCUT2D eigenvalue weighted by atomic mass is 9.99. The molecule has 1 aromatic rings. The fourth-order valence-electron chi connectivity index (χ4n) is 2.28. The molecule has 0 spiro atoms. The first-order valence-corrected chi connectivity index (χ1v) is 6.98. The van der Waals surface area contributed by atoms with Gasteiger partial charge >= 0.3 is 0 Å². The predicted octanol–water partition coefficient (Wildman–Crippen LogP) is 2.65. The molecule has 0 atom stereocenters. The minimum Gasteiger partial charge on any atom is -0.381 e. The molecular weight excluding hydrogens is 240 g/mol. The van der Waals surface area contributed by atoms with Crippen LogP contribution in [0, 0.1) is 11.8 Å². The number of nitrogens with one attached hydrogen (secondary N) is 1. The number of anilines is 1. The van der Waals surface area contributed by atoms with Crippen LogP contribution in [0.3, 0.4) is 0 Å². The Bertz CT molecular complexity index is 409. The van der Waals surface area contributed by atoms with Crippen LogP contribution in [0.4, 0.5) is 5.82 Å². The van der Waals surface area contributed by atoms with Crippen molar-refractivity contribution in [2.75, 3.05) is 18.5 Å². The lowest BCUT2D eigenvalue weighted by molar-refractivity contribution is -0.122. The van der Waals surface area contributed by atoms with Crippen molar-refractivity contribution in [1.82, 2.24) is 4.98 Å². The second kappa shape index (κ2) is 6.66. The van der Waals surface area contributed by atoms with Crippen molar-refractivity contribution >= 4 is 11.7 Å². The average Bonchev–Trinajstić information content (AvgIpc) is 2.41. The summed E-state index contributed by atoms with van der Waals surface area (Å²) in [5.74, 6) is 1.38. The zero-order valence-electron chi connectivity index (χ0n) is 11.7. The van der Waals surface area contributed by atoms with E-state index in [2.05, 4.69) is 24.1 Å². The molecule has 1 aliphatic rings. The van der Waals surface area contributed by atoms with E-state index in [4.69, 9.17) is 4.74 Å². The van der Waals surface area contributed by atoms with Crippen LogP contribution in [0.2, 0.25) is 0 Å². The van der Waals surface area contributed by atoms with Crippen LogP contribution >= 0.6 is 0 Å². The number of pyridine rings is 1. The van der Waals surface area contributed by atoms with Crippen molar-refractivity contribution in [2.45, 2.75) is 33.1 Å². The van der Waals surface area contributed by atoms with E-state index >= 15 is 0 Å². The van der Waals surface area contributed by atoms with Gasteiger partial charge in [-0.05, 0) is 36.8 Å². The van der Waals surface area contributed by atoms with Crippen LogP contribution in [0.5, 0.6) is 0 Å². The second-order valence-electron chi connectivity index (χ2n) is 5.53. The van der Waals surface area contributed by atoms with E-state index in [1.807, 2.05) is 18.3 Å². The summed E-state index contributed by atoms with van der Waals surface area (Å²) in [5.41, 5.74) is 1.21. The normalized spacial score (nSPS) is 16.6. The lowest BCUT2D eigenvalue weighted by Crippen LogP contribution is -2.28. The van der Waals surface area contributed by atoms with Crippen molar-refractivity contribution in [3.8, 4) is 0 Å². The molecule has 1 N–H and O–H groups in total. The van der Waals surface area contributed by atoms with Gasteiger partial charge in [0.2, 0.25) is 5.91 Å². The summed E-state index contributed by atoms with van der Waals surface area (Å²) in [7, 11) is 0. The third-order valence-corrected chi connectivity index (χ3v) is 3.31. The Balaban J connectivity index is 1.89. The van der Waals surface area contributed by atoms with Gasteiger partial charge in [-0.1, -0.05) is 19.9 Å². The summed E-state index contributed by atoms with van der Waals surface area (Å²) >= 11 is 0. The number of ether oxygens (including phenoxy) is 1. The molecule has 104 valence electrons. The highest BCUT2D eigenvalue weighted by Gasteiger charge is 2.21. The van der Waals surface area contributed by atoms with Gasteiger partial charge in [0.25, 0.3) is 0 Å². The van der Waals surface area contributed by atoms with Gasteiger partial charge in [-0.25, -0.2) is 4.98 Å². The monoisotopic (exact) mass is 262 g/mol. The average molecular weight is 262 g/mol. The molecule has 0 bridgehead atoms. The Morgan fingerprint density at radius 3 is 2.74 bits per heavy atom. The van der Waals surface area contributed by atoms with Crippen molar-refractivity contribution < 1.29 is 9.53 Å². The summed E-state index contributed by atoms with van der Waals surface area (Å²) in [4.78, 5) is 16.3. The fraction of sp³-hybridized carbons (Fsp3) is 0.600. The molecule has 1 saturated heterocycles. The van der Waals surface area contributed by atoms with Gasteiger partial charge in [-0.15, -0.1) is 0 Å². The number of carbonyl (C=O) groups excluding carboxylic acids is 1. The molecule has 1 aromatic heterocycles. The molecule has 0 saturated carbocycles. The van der Waals surface area contributed by atoms with Crippen LogP contribution in [0.1, 0.15) is 32.3 Å². The first kappa shape index (κ1) is 14.0. The van der Waals surface area contributed by atoms with E-state index in [0.717, 1.165) is 19.3 Å². The first-order valence-electron chi connectivity index (χ1n) is 6.98. The van der Waals surface area contributed by atoms with Crippen molar-refractivity contribution in [3.63, 3.8) is 0 Å². The molecule has 1 fully saturated rings. The first-order chi connectivity index (χ1) is 9.15. The summed E-state index contributed by atoms with van der Waals surface area (Å²) in [6, 6.07) is 3.92. The largest absolute Gasteiger partial charge is 0.381 e. The minimum atomic E-state index is 0.0610. The second-order valence-corrected chi connectivity index (χ2v) is 5.53. The summed E-state index contributed by atoms with van der Waals surface area (Å²) in [6.07, 6.45) is 4.47. The number of hydrogen-bond acceptors (Lipinski definition) is 3. The van der Waals surface area contributed by atoms with Gasteiger partial charge in [-0.2, -0.15) is 0 Å². The number of hydrogen-bond donors (Lipinski definition) is 1. The van der Waals surface area contributed by atoms with Gasteiger partial charge in [0, 0.05) is 25.3 Å². The maximum Gasteiger partial charge on any atom is 0.228 e. The van der Waals surface area contributed by atoms with Gasteiger partial charge in [0.15, 0.2) is 0 Å². The maximum absolute atomic E-state index is 12.0. The number of nitrogens with zero attached hydrogens (tertiary/aromatic N) is 1. The van der Waals surface area contributed by atoms with Crippen molar-refractivity contribution in [3.05, 3.63) is 23.9 Å². The van der Waals surface area contributed by atoms with E-state index in [0.29, 0.717) is 24.9 Å². The Hall–Kier alpha value is -1.42. The van der Waals surface area contributed by atoms with E-state index in [9.17, 15) is 4.79 Å². The summed E-state index contributed by atoms with van der Waals surface area (Å²) in [6.45, 7) is 5.72. The zero-order chi connectivity index (χ0) is 13.7. The summed E-state index contributed by atoms with van der Waals surface area (Å²) < 4.78 is 5.26. The van der Waals surface area contributed by atoms with E-state index in [-0.39, 0.29) is 11.8 Å². The number of carbonyl (C=O) groups is 1. The molecule has 0 unspecified atom stereocenters. The van der Waals surface area contributed by atoms with Crippen LogP contribution in [-0.4, -0.2) is 24.1 Å². The van der Waals surface area contributed by atoms with Gasteiger partial charge in [-0.3, -0.25) is 4.79 Å². The molecule has 2 rings (SSSR count). The van der Waals surface area contributed by atoms with E-state index in [1.165, 1.54) is 5.56 Å². The lowest BCUT2D eigenvalue weighted by Gasteiger charge is -2.20. The molecule has 0 radical (unpaired) electrons. The molecule has 4 heteroatoms. The number of amides is 1. The molecule has 1 amide bonds. The third-order valence-electron chi connectivity index (χ3n) is 3.31. The highest BCUT2D eigenvalue weighted by Crippen LogP contribution is 2.17. The molecule has 1 aliphatic heterocycles. The molecule has 2 heterocycles. The van der Waals surface area contributed by atoms with Crippen molar-refractivity contribution in [2.24, 2.45) is 11.8 Å². The van der Waals surface area contributed by atoms with Crippen LogP contribution < -0.4 is 5.32 Å². The topological polar surface area (TPSA) is 51.2 Å². The van der Waals surface area contributed by atoms with Crippen LogP contribution in [-0.2, 0) is 16.0 Å². The Morgan fingerprint density at radius 1 is 1.42 bits per heavy atom. The highest BCUT2D eigenvalue weighted by atomic mass is 16.5. The standard InChI is InChI=1S/C15H22N2O2/c1-11(2)9-12-3-4-14(16-10-12)17-15(18)13-5-7-19-8-6-13/h3-4,10-11,13H,5-9H2,1-2H3,(H,16,17,18). The smallest absolute Gasteiger partial charge is 0.228 e. The molecule has 19 heavy (non-hydrogen) atoms.